The van der Waals surface area contributed by atoms with E-state index < -0.39 is 6.04 Å². The van der Waals surface area contributed by atoms with Gasteiger partial charge in [0.05, 0.1) is 6.42 Å². The van der Waals surface area contributed by atoms with Crippen LogP contribution >= 0.6 is 11.3 Å². The summed E-state index contributed by atoms with van der Waals surface area (Å²) < 4.78 is 11.5. The number of carbonyl (C=O) groups excluding carboxylic acids is 2. The molecule has 0 saturated heterocycles. The van der Waals surface area contributed by atoms with Crippen molar-refractivity contribution in [1.82, 2.24) is 5.32 Å². The van der Waals surface area contributed by atoms with Crippen LogP contribution in [0.3, 0.4) is 0 Å². The Morgan fingerprint density at radius 1 is 0.971 bits per heavy atom. The first kappa shape index (κ1) is 22.5. The fourth-order valence-corrected chi connectivity index (χ4v) is 5.37. The Hall–Kier alpha value is -3.32. The van der Waals surface area contributed by atoms with Crippen molar-refractivity contribution in [3.05, 3.63) is 76.5 Å². The van der Waals surface area contributed by atoms with Crippen molar-refractivity contribution in [2.24, 2.45) is 0 Å². The number of nitrogens with zero attached hydrogens (tertiary/aromatic N) is 1. The van der Waals surface area contributed by atoms with Gasteiger partial charge in [-0.15, -0.1) is 11.3 Å². The Labute approximate surface area is 203 Å². The molecular formula is C27H28N2O4S. The van der Waals surface area contributed by atoms with Crippen molar-refractivity contribution in [3.8, 4) is 11.5 Å². The predicted molar refractivity (Wildman–Crippen MR) is 133 cm³/mol. The first-order valence-corrected chi connectivity index (χ1v) is 12.7. The predicted octanol–water partition coefficient (Wildman–Crippen LogP) is 4.90. The Morgan fingerprint density at radius 3 is 2.47 bits per heavy atom. The molecule has 1 atom stereocenters. The maximum absolute atomic E-state index is 13.8. The van der Waals surface area contributed by atoms with Gasteiger partial charge in [0.15, 0.2) is 11.5 Å². The minimum atomic E-state index is -0.795. The molecule has 1 aliphatic heterocycles. The lowest BCUT2D eigenvalue weighted by atomic mass is 10.0. The van der Waals surface area contributed by atoms with Crippen molar-refractivity contribution in [2.75, 3.05) is 18.1 Å². The fourth-order valence-electron chi connectivity index (χ4n) is 4.67. The molecule has 1 aromatic heterocycles. The number of ether oxygens (including phenoxy) is 2. The molecule has 34 heavy (non-hydrogen) atoms. The van der Waals surface area contributed by atoms with E-state index in [2.05, 4.69) is 5.32 Å². The molecule has 3 aromatic rings. The quantitative estimate of drug-likeness (QED) is 0.527. The van der Waals surface area contributed by atoms with E-state index in [0.717, 1.165) is 36.1 Å². The molecule has 6 nitrogen and oxygen atoms in total. The molecule has 7 heteroatoms. The zero-order chi connectivity index (χ0) is 23.3. The van der Waals surface area contributed by atoms with Crippen molar-refractivity contribution in [2.45, 2.75) is 44.2 Å². The number of hydrogen-bond acceptors (Lipinski definition) is 5. The minimum absolute atomic E-state index is 0.144. The number of hydrogen-bond donors (Lipinski definition) is 1. The van der Waals surface area contributed by atoms with Crippen LogP contribution in [-0.4, -0.2) is 31.1 Å². The number of benzene rings is 2. The van der Waals surface area contributed by atoms with E-state index in [-0.39, 0.29) is 24.3 Å². The van der Waals surface area contributed by atoms with Crippen LogP contribution < -0.4 is 19.7 Å². The highest BCUT2D eigenvalue weighted by Crippen LogP contribution is 2.37. The first-order valence-electron chi connectivity index (χ1n) is 11.8. The Kier molecular flexibility index (Phi) is 6.81. The molecule has 5 rings (SSSR count). The van der Waals surface area contributed by atoms with Gasteiger partial charge in [-0.1, -0.05) is 49.2 Å². The summed E-state index contributed by atoms with van der Waals surface area (Å²) in [5, 5.41) is 5.17. The summed E-state index contributed by atoms with van der Waals surface area (Å²) in [6, 6.07) is 18.2. The second-order valence-electron chi connectivity index (χ2n) is 8.65. The highest BCUT2D eigenvalue weighted by Gasteiger charge is 2.35. The topological polar surface area (TPSA) is 67.9 Å². The standard InChI is InChI=1S/C27H28N2O4S/c30-25(18-22-11-6-16-34-22)29(21-12-13-23-24(17-21)33-15-14-32-23)26(19-7-2-1-3-8-19)27(31)28-20-9-4-5-10-20/h1-3,6-8,11-13,16-17,20,26H,4-5,9-10,14-15,18H2,(H,28,31). The summed E-state index contributed by atoms with van der Waals surface area (Å²) in [6.07, 6.45) is 4.39. The smallest absolute Gasteiger partial charge is 0.248 e. The van der Waals surface area contributed by atoms with Gasteiger partial charge in [-0.2, -0.15) is 0 Å². The molecule has 2 heterocycles. The van der Waals surface area contributed by atoms with Crippen LogP contribution in [0.4, 0.5) is 5.69 Å². The van der Waals surface area contributed by atoms with Crippen LogP contribution in [0.2, 0.25) is 0 Å². The van der Waals surface area contributed by atoms with E-state index in [1.54, 1.807) is 11.0 Å². The Bertz CT molecular complexity index is 1130. The van der Waals surface area contributed by atoms with E-state index in [4.69, 9.17) is 9.47 Å². The van der Waals surface area contributed by atoms with E-state index in [1.807, 2.05) is 60.0 Å². The molecule has 0 spiro atoms. The normalized spacial score (nSPS) is 16.1. The van der Waals surface area contributed by atoms with Crippen molar-refractivity contribution < 1.29 is 19.1 Å². The zero-order valence-corrected chi connectivity index (χ0v) is 19.8. The largest absolute Gasteiger partial charge is 0.486 e. The third-order valence-corrected chi connectivity index (χ3v) is 7.18. The zero-order valence-electron chi connectivity index (χ0n) is 18.9. The molecule has 0 radical (unpaired) electrons. The molecule has 1 saturated carbocycles. The average molecular weight is 477 g/mol. The van der Waals surface area contributed by atoms with Crippen molar-refractivity contribution in [1.29, 1.82) is 0 Å². The van der Waals surface area contributed by atoms with Crippen LogP contribution in [0.25, 0.3) is 0 Å². The summed E-state index contributed by atoms with van der Waals surface area (Å²) in [5.41, 5.74) is 1.38. The van der Waals surface area contributed by atoms with E-state index in [9.17, 15) is 9.59 Å². The summed E-state index contributed by atoms with van der Waals surface area (Å²) in [4.78, 5) is 30.1. The van der Waals surface area contributed by atoms with Crippen LogP contribution in [0.15, 0.2) is 66.0 Å². The van der Waals surface area contributed by atoms with Gasteiger partial charge in [0.2, 0.25) is 11.8 Å². The maximum atomic E-state index is 13.8. The van der Waals surface area contributed by atoms with E-state index in [0.29, 0.717) is 30.4 Å². The van der Waals surface area contributed by atoms with Gasteiger partial charge in [0, 0.05) is 22.7 Å². The van der Waals surface area contributed by atoms with Gasteiger partial charge in [-0.05, 0) is 42.0 Å². The molecule has 2 aliphatic rings. The van der Waals surface area contributed by atoms with Crippen LogP contribution in [0.1, 0.15) is 42.2 Å². The molecule has 1 aliphatic carbocycles. The number of fused-ring (bicyclic) bond motifs is 1. The van der Waals surface area contributed by atoms with E-state index in [1.165, 1.54) is 11.3 Å². The monoisotopic (exact) mass is 476 g/mol. The lowest BCUT2D eigenvalue weighted by molar-refractivity contribution is -0.127. The number of anilines is 1. The van der Waals surface area contributed by atoms with E-state index >= 15 is 0 Å². The molecule has 176 valence electrons. The molecule has 1 unspecified atom stereocenters. The second kappa shape index (κ2) is 10.3. The van der Waals surface area contributed by atoms with Gasteiger partial charge in [-0.3, -0.25) is 14.5 Å². The second-order valence-corrected chi connectivity index (χ2v) is 9.68. The Balaban J connectivity index is 1.56. The number of amides is 2. The molecule has 1 fully saturated rings. The minimum Gasteiger partial charge on any atom is -0.486 e. The van der Waals surface area contributed by atoms with Gasteiger partial charge in [-0.25, -0.2) is 0 Å². The SMILES string of the molecule is O=C(NC1CCCC1)C(c1ccccc1)N(C(=O)Cc1cccs1)c1ccc2c(c1)OCCO2. The summed E-state index contributed by atoms with van der Waals surface area (Å²) in [7, 11) is 0. The molecule has 1 N–H and O–H groups in total. The fraction of sp³-hybridized carbons (Fsp3) is 0.333. The molecular weight excluding hydrogens is 448 g/mol. The summed E-state index contributed by atoms with van der Waals surface area (Å²) in [6.45, 7) is 0.938. The lowest BCUT2D eigenvalue weighted by Gasteiger charge is -2.33. The number of carbonyl (C=O) groups is 2. The van der Waals surface area contributed by atoms with Gasteiger partial charge in [0.25, 0.3) is 0 Å². The molecule has 2 amide bonds. The van der Waals surface area contributed by atoms with Gasteiger partial charge >= 0.3 is 0 Å². The summed E-state index contributed by atoms with van der Waals surface area (Å²) in [5.74, 6) is 0.926. The van der Waals surface area contributed by atoms with Crippen molar-refractivity contribution in [3.63, 3.8) is 0 Å². The highest BCUT2D eigenvalue weighted by atomic mass is 32.1. The lowest BCUT2D eigenvalue weighted by Crippen LogP contribution is -2.46. The number of thiophene rings is 1. The third kappa shape index (κ3) is 4.94. The van der Waals surface area contributed by atoms with Crippen molar-refractivity contribution >= 4 is 28.8 Å². The van der Waals surface area contributed by atoms with Crippen LogP contribution in [0, 0.1) is 0 Å². The molecule has 2 aromatic carbocycles. The average Bonchev–Trinajstić information content (AvgIpc) is 3.57. The maximum Gasteiger partial charge on any atom is 0.248 e. The number of nitrogens with one attached hydrogen (secondary N) is 1. The molecule has 0 bridgehead atoms. The highest BCUT2D eigenvalue weighted by molar-refractivity contribution is 7.10. The van der Waals surface area contributed by atoms with Gasteiger partial charge in [0.1, 0.15) is 19.3 Å². The third-order valence-electron chi connectivity index (χ3n) is 6.30. The first-order chi connectivity index (χ1) is 16.7. The Morgan fingerprint density at radius 2 is 1.74 bits per heavy atom. The van der Waals surface area contributed by atoms with Gasteiger partial charge < -0.3 is 14.8 Å². The van der Waals surface area contributed by atoms with Crippen LogP contribution in [-0.2, 0) is 16.0 Å². The number of rotatable bonds is 7. The van der Waals surface area contributed by atoms with Crippen LogP contribution in [0.5, 0.6) is 11.5 Å². The summed E-state index contributed by atoms with van der Waals surface area (Å²) >= 11 is 1.54.